The van der Waals surface area contributed by atoms with E-state index < -0.39 is 5.41 Å². The highest BCUT2D eigenvalue weighted by Crippen LogP contribution is 2.62. The number of carbonyl (C=O) groups is 3. The molecular formula is C21H25NO4. The van der Waals surface area contributed by atoms with Crippen LogP contribution in [-0.2, 0) is 14.3 Å². The van der Waals surface area contributed by atoms with Gasteiger partial charge < -0.3 is 10.1 Å². The molecule has 1 amide bonds. The molecule has 4 aliphatic carbocycles. The summed E-state index contributed by atoms with van der Waals surface area (Å²) in [6.45, 7) is 1.33. The van der Waals surface area contributed by atoms with Crippen LogP contribution in [0.25, 0.3) is 0 Å². The molecule has 0 saturated heterocycles. The van der Waals surface area contributed by atoms with E-state index in [1.807, 2.05) is 6.07 Å². The average Bonchev–Trinajstić information content (AvgIpc) is 2.57. The van der Waals surface area contributed by atoms with Crippen molar-refractivity contribution in [2.24, 2.45) is 17.3 Å². The molecule has 1 N–H and O–H groups in total. The molecule has 0 radical (unpaired) electrons. The molecule has 0 aromatic heterocycles. The van der Waals surface area contributed by atoms with Gasteiger partial charge in [-0.3, -0.25) is 14.4 Å². The molecule has 5 heteroatoms. The molecule has 4 bridgehead atoms. The van der Waals surface area contributed by atoms with Gasteiger partial charge in [0.25, 0.3) is 0 Å². The zero-order valence-electron chi connectivity index (χ0n) is 15.1. The molecular weight excluding hydrogens is 330 g/mol. The van der Waals surface area contributed by atoms with E-state index in [1.165, 1.54) is 0 Å². The zero-order valence-corrected chi connectivity index (χ0v) is 15.1. The van der Waals surface area contributed by atoms with Crippen molar-refractivity contribution in [1.82, 2.24) is 5.32 Å². The third kappa shape index (κ3) is 3.04. The van der Waals surface area contributed by atoms with Crippen LogP contribution in [0.5, 0.6) is 0 Å². The van der Waals surface area contributed by atoms with Gasteiger partial charge >= 0.3 is 5.97 Å². The van der Waals surface area contributed by atoms with Crippen molar-refractivity contribution in [3.63, 3.8) is 0 Å². The van der Waals surface area contributed by atoms with E-state index in [-0.39, 0.29) is 29.8 Å². The van der Waals surface area contributed by atoms with Gasteiger partial charge in [-0.25, -0.2) is 0 Å². The highest BCUT2D eigenvalue weighted by Gasteiger charge is 2.61. The number of benzene rings is 1. The molecule has 4 saturated carbocycles. The lowest BCUT2D eigenvalue weighted by Gasteiger charge is -2.60. The molecule has 5 nitrogen and oxygen atoms in total. The molecule has 4 fully saturated rings. The number of nitrogens with one attached hydrogen (secondary N) is 1. The maximum Gasteiger partial charge on any atom is 0.312 e. The Bertz CT molecular complexity index is 728. The van der Waals surface area contributed by atoms with Crippen LogP contribution in [0.2, 0.25) is 0 Å². The molecule has 5 rings (SSSR count). The second kappa shape index (κ2) is 6.22. The summed E-state index contributed by atoms with van der Waals surface area (Å²) in [6.07, 6.45) is 5.35. The van der Waals surface area contributed by atoms with Gasteiger partial charge in [-0.2, -0.15) is 0 Å². The van der Waals surface area contributed by atoms with Gasteiger partial charge in [0.05, 0.1) is 5.41 Å². The van der Waals surface area contributed by atoms with E-state index >= 15 is 0 Å². The van der Waals surface area contributed by atoms with Gasteiger partial charge in [0, 0.05) is 18.0 Å². The van der Waals surface area contributed by atoms with Crippen LogP contribution in [0, 0.1) is 17.3 Å². The van der Waals surface area contributed by atoms with E-state index in [0.717, 1.165) is 32.1 Å². The van der Waals surface area contributed by atoms with Crippen molar-refractivity contribution in [1.29, 1.82) is 0 Å². The minimum absolute atomic E-state index is 0.0327. The predicted octanol–water partition coefficient (Wildman–Crippen LogP) is 2.89. The first kappa shape index (κ1) is 17.3. The Hall–Kier alpha value is -2.17. The monoisotopic (exact) mass is 355 g/mol. The van der Waals surface area contributed by atoms with Gasteiger partial charge in [0.2, 0.25) is 5.91 Å². The van der Waals surface area contributed by atoms with E-state index in [9.17, 15) is 14.4 Å². The minimum atomic E-state index is -0.538. The molecule has 1 aromatic rings. The van der Waals surface area contributed by atoms with Gasteiger partial charge in [-0.15, -0.1) is 0 Å². The van der Waals surface area contributed by atoms with Gasteiger partial charge in [0.1, 0.15) is 0 Å². The van der Waals surface area contributed by atoms with E-state index in [1.54, 1.807) is 31.2 Å². The summed E-state index contributed by atoms with van der Waals surface area (Å²) in [6, 6.07) is 8.90. The number of amides is 1. The van der Waals surface area contributed by atoms with Crippen LogP contribution in [0.15, 0.2) is 30.3 Å². The first-order chi connectivity index (χ1) is 12.4. The average molecular weight is 355 g/mol. The van der Waals surface area contributed by atoms with Crippen molar-refractivity contribution in [2.45, 2.75) is 51.0 Å². The Kier molecular flexibility index (Phi) is 4.13. The Balaban J connectivity index is 1.47. The zero-order chi connectivity index (χ0) is 18.4. The molecule has 4 aliphatic rings. The van der Waals surface area contributed by atoms with Crippen LogP contribution in [0.4, 0.5) is 0 Å². The van der Waals surface area contributed by atoms with Crippen LogP contribution in [0.1, 0.15) is 55.8 Å². The van der Waals surface area contributed by atoms with Crippen molar-refractivity contribution in [3.8, 4) is 0 Å². The number of Topliss-reactive ketones (excluding diaryl/α,β-unsaturated/α-hetero) is 1. The summed E-state index contributed by atoms with van der Waals surface area (Å²) >= 11 is 0. The van der Waals surface area contributed by atoms with Crippen molar-refractivity contribution in [2.75, 3.05) is 6.61 Å². The number of hydrogen-bond acceptors (Lipinski definition) is 4. The Morgan fingerprint density at radius 2 is 1.73 bits per heavy atom. The van der Waals surface area contributed by atoms with E-state index in [4.69, 9.17) is 4.74 Å². The molecule has 1 aromatic carbocycles. The molecule has 0 spiro atoms. The highest BCUT2D eigenvalue weighted by atomic mass is 16.5. The summed E-state index contributed by atoms with van der Waals surface area (Å²) in [4.78, 5) is 36.9. The molecule has 0 aliphatic heterocycles. The quantitative estimate of drug-likeness (QED) is 0.651. The molecule has 26 heavy (non-hydrogen) atoms. The van der Waals surface area contributed by atoms with Gasteiger partial charge in [0.15, 0.2) is 12.4 Å². The summed E-state index contributed by atoms with van der Waals surface area (Å²) in [5.41, 5.74) is -0.248. The maximum absolute atomic E-state index is 13.0. The summed E-state index contributed by atoms with van der Waals surface area (Å²) in [5.74, 6) is 0.446. The lowest BCUT2D eigenvalue weighted by molar-refractivity contribution is -0.174. The largest absolute Gasteiger partial charge is 0.457 e. The van der Waals surface area contributed by atoms with E-state index in [2.05, 4.69) is 5.32 Å². The lowest BCUT2D eigenvalue weighted by atomic mass is 9.47. The van der Waals surface area contributed by atoms with Crippen molar-refractivity contribution in [3.05, 3.63) is 35.9 Å². The van der Waals surface area contributed by atoms with Crippen LogP contribution >= 0.6 is 0 Å². The number of esters is 1. The Labute approximate surface area is 153 Å². The third-order valence-corrected chi connectivity index (χ3v) is 6.37. The fraction of sp³-hybridized carbons (Fsp3) is 0.571. The minimum Gasteiger partial charge on any atom is -0.457 e. The summed E-state index contributed by atoms with van der Waals surface area (Å²) < 4.78 is 5.49. The molecule has 138 valence electrons. The normalized spacial score (nSPS) is 34.3. The SMILES string of the molecule is CC(=O)NC12C[C@H]3C[C@@H](C1)CC(C(=O)OCC(=O)c1ccccc1)(C3)C2. The number of carbonyl (C=O) groups excluding carboxylic acids is 3. The Morgan fingerprint density at radius 3 is 2.35 bits per heavy atom. The number of ketones is 1. The Morgan fingerprint density at radius 1 is 1.08 bits per heavy atom. The smallest absolute Gasteiger partial charge is 0.312 e. The van der Waals surface area contributed by atoms with Crippen LogP contribution in [-0.4, -0.2) is 29.8 Å². The van der Waals surface area contributed by atoms with Gasteiger partial charge in [-0.1, -0.05) is 30.3 Å². The second-order valence-corrected chi connectivity index (χ2v) is 8.57. The molecule has 4 atom stereocenters. The first-order valence-corrected chi connectivity index (χ1v) is 9.44. The predicted molar refractivity (Wildman–Crippen MR) is 95.4 cm³/mol. The molecule has 2 unspecified atom stereocenters. The second-order valence-electron chi connectivity index (χ2n) is 8.57. The number of hydrogen-bond donors (Lipinski definition) is 1. The van der Waals surface area contributed by atoms with Crippen molar-refractivity contribution < 1.29 is 19.1 Å². The van der Waals surface area contributed by atoms with E-state index in [0.29, 0.717) is 23.8 Å². The standard InChI is InChI=1S/C21H25NO4/c1-14(23)22-21-10-15-7-16(11-21)9-20(8-15,13-21)19(25)26-12-18(24)17-5-3-2-4-6-17/h2-6,15-16H,7-13H2,1H3,(H,22,23)/t15-,16+,20?,21?. The van der Waals surface area contributed by atoms with Gasteiger partial charge in [-0.05, 0) is 50.4 Å². The first-order valence-electron chi connectivity index (χ1n) is 9.44. The number of rotatable bonds is 5. The van der Waals surface area contributed by atoms with Crippen molar-refractivity contribution >= 4 is 17.7 Å². The lowest BCUT2D eigenvalue weighted by Crippen LogP contribution is -2.64. The molecule has 0 heterocycles. The highest BCUT2D eigenvalue weighted by molar-refractivity contribution is 5.98. The topological polar surface area (TPSA) is 72.5 Å². The summed E-state index contributed by atoms with van der Waals surface area (Å²) in [7, 11) is 0. The summed E-state index contributed by atoms with van der Waals surface area (Å²) in [5, 5.41) is 3.14. The number of ether oxygens (including phenoxy) is 1. The fourth-order valence-electron chi connectivity index (χ4n) is 6.01. The third-order valence-electron chi connectivity index (χ3n) is 6.37. The maximum atomic E-state index is 13.0. The van der Waals surface area contributed by atoms with Crippen LogP contribution in [0.3, 0.4) is 0 Å². The fourth-order valence-corrected chi connectivity index (χ4v) is 6.01. The van der Waals surface area contributed by atoms with Crippen LogP contribution < -0.4 is 5.32 Å².